The monoisotopic (exact) mass is 351 g/mol. The van der Waals surface area contributed by atoms with Crippen molar-refractivity contribution < 1.29 is 17.6 Å². The molecular formula is C16H18FN3O3S. The Balaban J connectivity index is 2.44. The molecule has 0 saturated heterocycles. The lowest BCUT2D eigenvalue weighted by molar-refractivity contribution is -0.120. The van der Waals surface area contributed by atoms with Gasteiger partial charge in [-0.3, -0.25) is 4.79 Å². The van der Waals surface area contributed by atoms with Crippen molar-refractivity contribution in [1.29, 1.82) is 0 Å². The van der Waals surface area contributed by atoms with E-state index in [1.807, 2.05) is 0 Å². The smallest absolute Gasteiger partial charge is 0.243 e. The van der Waals surface area contributed by atoms with Crippen LogP contribution in [0.5, 0.6) is 0 Å². The molecule has 24 heavy (non-hydrogen) atoms. The summed E-state index contributed by atoms with van der Waals surface area (Å²) in [5, 5.41) is 7.58. The van der Waals surface area contributed by atoms with Crippen molar-refractivity contribution in [2.45, 2.75) is 24.3 Å². The van der Waals surface area contributed by atoms with Crippen LogP contribution in [0.2, 0.25) is 0 Å². The van der Waals surface area contributed by atoms with Gasteiger partial charge in [0.25, 0.3) is 0 Å². The van der Waals surface area contributed by atoms with Crippen LogP contribution in [0.4, 0.5) is 10.1 Å². The molecule has 0 aliphatic rings. The molecular weight excluding hydrogens is 333 g/mol. The van der Waals surface area contributed by atoms with E-state index in [-0.39, 0.29) is 16.1 Å². The quantitative estimate of drug-likeness (QED) is 0.779. The van der Waals surface area contributed by atoms with Crippen LogP contribution in [0.25, 0.3) is 11.1 Å². The van der Waals surface area contributed by atoms with E-state index in [4.69, 9.17) is 10.9 Å². The fourth-order valence-corrected chi connectivity index (χ4v) is 2.78. The summed E-state index contributed by atoms with van der Waals surface area (Å²) >= 11 is 0. The van der Waals surface area contributed by atoms with Crippen LogP contribution in [-0.2, 0) is 14.8 Å². The molecule has 0 unspecified atom stereocenters. The number of sulfonamides is 1. The molecule has 8 heteroatoms. The van der Waals surface area contributed by atoms with Crippen LogP contribution in [0.1, 0.15) is 13.8 Å². The van der Waals surface area contributed by atoms with Gasteiger partial charge in [0.2, 0.25) is 15.9 Å². The Labute approximate surface area is 139 Å². The van der Waals surface area contributed by atoms with Gasteiger partial charge in [0, 0.05) is 5.56 Å². The molecule has 0 aromatic heterocycles. The summed E-state index contributed by atoms with van der Waals surface area (Å²) in [5.74, 6) is -1.26. The standard InChI is InChI=1S/C16H18FN3O3S/c1-16(2,18)15(21)20-13-8-7-10(9-12(13)17)11-5-3-4-6-14(11)24(19,22)23/h3-9H,18H2,1-2H3,(H,20,21)(H2,19,22,23). The van der Waals surface area contributed by atoms with Crippen molar-refractivity contribution >= 4 is 21.6 Å². The molecule has 2 aromatic carbocycles. The average Bonchev–Trinajstić information content (AvgIpc) is 2.47. The van der Waals surface area contributed by atoms with Gasteiger partial charge in [-0.25, -0.2) is 17.9 Å². The zero-order chi connectivity index (χ0) is 18.1. The summed E-state index contributed by atoms with van der Waals surface area (Å²) in [5.41, 5.74) is 5.04. The zero-order valence-corrected chi connectivity index (χ0v) is 14.0. The molecule has 1 amide bonds. The Bertz CT molecular complexity index is 890. The van der Waals surface area contributed by atoms with Crippen LogP contribution in [-0.4, -0.2) is 19.9 Å². The predicted molar refractivity (Wildman–Crippen MR) is 90.1 cm³/mol. The molecule has 5 N–H and O–H groups in total. The normalized spacial score (nSPS) is 12.0. The molecule has 2 aromatic rings. The number of hydrogen-bond donors (Lipinski definition) is 3. The Hall–Kier alpha value is -2.29. The molecule has 2 rings (SSSR count). The second kappa shape index (κ2) is 6.31. The SMILES string of the molecule is CC(C)(N)C(=O)Nc1ccc(-c2ccccc2S(N)(=O)=O)cc1F. The van der Waals surface area contributed by atoms with E-state index in [1.165, 1.54) is 44.2 Å². The number of amides is 1. The van der Waals surface area contributed by atoms with E-state index in [1.54, 1.807) is 6.07 Å². The van der Waals surface area contributed by atoms with Gasteiger partial charge in [0.15, 0.2) is 0 Å². The summed E-state index contributed by atoms with van der Waals surface area (Å²) in [7, 11) is -3.95. The number of nitrogens with two attached hydrogens (primary N) is 2. The average molecular weight is 351 g/mol. The number of primary sulfonamides is 1. The van der Waals surface area contributed by atoms with Crippen LogP contribution < -0.4 is 16.2 Å². The molecule has 128 valence electrons. The van der Waals surface area contributed by atoms with E-state index in [2.05, 4.69) is 5.32 Å². The van der Waals surface area contributed by atoms with Crippen molar-refractivity contribution in [3.8, 4) is 11.1 Å². The van der Waals surface area contributed by atoms with Crippen molar-refractivity contribution in [2.24, 2.45) is 10.9 Å². The molecule has 0 heterocycles. The third kappa shape index (κ3) is 3.97. The molecule has 6 nitrogen and oxygen atoms in total. The molecule has 0 spiro atoms. The zero-order valence-electron chi connectivity index (χ0n) is 13.2. The number of carbonyl (C=O) groups is 1. The maximum absolute atomic E-state index is 14.3. The number of carbonyl (C=O) groups excluding carboxylic acids is 1. The van der Waals surface area contributed by atoms with Gasteiger partial charge >= 0.3 is 0 Å². The molecule has 0 saturated carbocycles. The van der Waals surface area contributed by atoms with E-state index in [0.29, 0.717) is 5.56 Å². The fourth-order valence-electron chi connectivity index (χ4n) is 2.02. The van der Waals surface area contributed by atoms with E-state index >= 15 is 0 Å². The number of hydrogen-bond acceptors (Lipinski definition) is 4. The Morgan fingerprint density at radius 2 is 1.79 bits per heavy atom. The number of halogens is 1. The second-order valence-electron chi connectivity index (χ2n) is 5.91. The minimum Gasteiger partial charge on any atom is -0.322 e. The van der Waals surface area contributed by atoms with E-state index in [9.17, 15) is 17.6 Å². The van der Waals surface area contributed by atoms with Crippen LogP contribution >= 0.6 is 0 Å². The third-order valence-electron chi connectivity index (χ3n) is 3.31. The predicted octanol–water partition coefficient (Wildman–Crippen LogP) is 1.82. The van der Waals surface area contributed by atoms with Crippen molar-refractivity contribution in [3.63, 3.8) is 0 Å². The summed E-state index contributed by atoms with van der Waals surface area (Å²) in [6, 6.07) is 9.97. The maximum atomic E-state index is 14.3. The Morgan fingerprint density at radius 1 is 1.17 bits per heavy atom. The van der Waals surface area contributed by atoms with Crippen molar-refractivity contribution in [3.05, 3.63) is 48.3 Å². The highest BCUT2D eigenvalue weighted by atomic mass is 32.2. The molecule has 0 atom stereocenters. The number of nitrogens with one attached hydrogen (secondary N) is 1. The molecule has 0 aliphatic carbocycles. The lowest BCUT2D eigenvalue weighted by atomic mass is 10.0. The topological polar surface area (TPSA) is 115 Å². The molecule has 0 radical (unpaired) electrons. The Kier molecular flexibility index (Phi) is 4.75. The van der Waals surface area contributed by atoms with Crippen LogP contribution in [0, 0.1) is 5.82 Å². The van der Waals surface area contributed by atoms with Gasteiger partial charge in [0.1, 0.15) is 5.82 Å². The van der Waals surface area contributed by atoms with E-state index in [0.717, 1.165) is 6.07 Å². The molecule has 0 aliphatic heterocycles. The molecule has 0 fully saturated rings. The number of benzene rings is 2. The second-order valence-corrected chi connectivity index (χ2v) is 7.44. The van der Waals surface area contributed by atoms with Crippen LogP contribution in [0.3, 0.4) is 0 Å². The highest BCUT2D eigenvalue weighted by Crippen LogP contribution is 2.29. The molecule has 0 bridgehead atoms. The minimum atomic E-state index is -3.95. The van der Waals surface area contributed by atoms with Gasteiger partial charge < -0.3 is 11.1 Å². The first-order valence-corrected chi connectivity index (χ1v) is 8.57. The minimum absolute atomic E-state index is 0.0460. The first-order chi connectivity index (χ1) is 11.0. The first-order valence-electron chi connectivity index (χ1n) is 7.02. The Morgan fingerprint density at radius 3 is 2.33 bits per heavy atom. The highest BCUT2D eigenvalue weighted by molar-refractivity contribution is 7.89. The van der Waals surface area contributed by atoms with Gasteiger partial charge in [-0.05, 0) is 37.6 Å². The van der Waals surface area contributed by atoms with Crippen LogP contribution in [0.15, 0.2) is 47.4 Å². The van der Waals surface area contributed by atoms with Crippen molar-refractivity contribution in [2.75, 3.05) is 5.32 Å². The number of rotatable bonds is 4. The lowest BCUT2D eigenvalue weighted by Crippen LogP contribution is -2.45. The van der Waals surface area contributed by atoms with Gasteiger partial charge in [-0.1, -0.05) is 24.3 Å². The number of anilines is 1. The third-order valence-corrected chi connectivity index (χ3v) is 4.28. The fraction of sp³-hybridized carbons (Fsp3) is 0.188. The van der Waals surface area contributed by atoms with Crippen molar-refractivity contribution in [1.82, 2.24) is 0 Å². The summed E-state index contributed by atoms with van der Waals surface area (Å²) in [4.78, 5) is 11.7. The summed E-state index contributed by atoms with van der Waals surface area (Å²) in [6.07, 6.45) is 0. The summed E-state index contributed by atoms with van der Waals surface area (Å²) < 4.78 is 37.6. The highest BCUT2D eigenvalue weighted by Gasteiger charge is 2.23. The maximum Gasteiger partial charge on any atom is 0.243 e. The van der Waals surface area contributed by atoms with E-state index < -0.39 is 27.3 Å². The first kappa shape index (κ1) is 18.1. The summed E-state index contributed by atoms with van der Waals surface area (Å²) in [6.45, 7) is 2.99. The van der Waals surface area contributed by atoms with Gasteiger partial charge in [0.05, 0.1) is 16.1 Å². The lowest BCUT2D eigenvalue weighted by Gasteiger charge is -2.18. The largest absolute Gasteiger partial charge is 0.322 e. The van der Waals surface area contributed by atoms with Gasteiger partial charge in [-0.2, -0.15) is 0 Å². The van der Waals surface area contributed by atoms with Gasteiger partial charge in [-0.15, -0.1) is 0 Å².